The van der Waals surface area contributed by atoms with Crippen molar-refractivity contribution in [3.05, 3.63) is 36.4 Å². The molecular formula is C12H11F3N2O3S2. The molecule has 120 valence electrons. The normalized spacial score (nSPS) is 14.1. The van der Waals surface area contributed by atoms with Crippen LogP contribution in [0.1, 0.15) is 0 Å². The van der Waals surface area contributed by atoms with Gasteiger partial charge in [-0.2, -0.15) is 17.3 Å². The highest BCUT2D eigenvalue weighted by molar-refractivity contribution is 8.13. The molecule has 0 radical (unpaired) electrons. The van der Waals surface area contributed by atoms with Gasteiger partial charge in [-0.15, -0.1) is 0 Å². The van der Waals surface area contributed by atoms with Gasteiger partial charge in [0.25, 0.3) is 11.8 Å². The minimum absolute atomic E-state index is 0.357. The Morgan fingerprint density at radius 2 is 1.55 bits per heavy atom. The molecule has 2 rings (SSSR count). The van der Waals surface area contributed by atoms with Gasteiger partial charge in [-0.25, -0.2) is 4.90 Å². The maximum Gasteiger partial charge on any atom is 0.457 e. The number of hydrogen-bond acceptors (Lipinski definition) is 6. The van der Waals surface area contributed by atoms with Gasteiger partial charge in [-0.3, -0.25) is 9.59 Å². The lowest BCUT2D eigenvalue weighted by atomic mass is 10.3. The number of anilines is 1. The number of carbonyl (C=O) groups excluding carboxylic acids is 2. The summed E-state index contributed by atoms with van der Waals surface area (Å²) in [4.78, 5) is 24.4. The molecule has 0 spiro atoms. The lowest BCUT2D eigenvalue weighted by molar-refractivity contribution is -0.120. The second-order valence-corrected chi connectivity index (χ2v) is 5.58. The molecule has 0 atom stereocenters. The number of nitrogens with one attached hydrogen (secondary N) is 1. The first-order valence-electron chi connectivity index (χ1n) is 5.64. The molecule has 0 unspecified atom stereocenters. The van der Waals surface area contributed by atoms with Crippen molar-refractivity contribution < 1.29 is 27.9 Å². The predicted molar refractivity (Wildman–Crippen MR) is 78.9 cm³/mol. The van der Waals surface area contributed by atoms with Crippen molar-refractivity contribution in [2.24, 2.45) is 0 Å². The minimum atomic E-state index is -4.35. The second-order valence-electron chi connectivity index (χ2n) is 3.57. The average Bonchev–Trinajstić information content (AvgIpc) is 2.80. The molecule has 5 nitrogen and oxygen atoms in total. The van der Waals surface area contributed by atoms with E-state index in [1.807, 2.05) is 0 Å². The molecule has 10 heteroatoms. The predicted octanol–water partition coefficient (Wildman–Crippen LogP) is 2.49. The van der Waals surface area contributed by atoms with Gasteiger partial charge in [-0.05, 0) is 36.2 Å². The molecule has 1 aliphatic rings. The average molecular weight is 352 g/mol. The van der Waals surface area contributed by atoms with Crippen LogP contribution in [0, 0.1) is 0 Å². The van der Waals surface area contributed by atoms with E-state index in [1.54, 1.807) is 0 Å². The fraction of sp³-hybridized carbons (Fsp3) is 0.167. The maximum absolute atomic E-state index is 11.9. The Labute approximate surface area is 132 Å². The van der Waals surface area contributed by atoms with Gasteiger partial charge in [-0.1, -0.05) is 0 Å². The first kappa shape index (κ1) is 18.6. The van der Waals surface area contributed by atoms with Gasteiger partial charge in [0.15, 0.2) is 0 Å². The van der Waals surface area contributed by atoms with Crippen molar-refractivity contribution in [2.75, 3.05) is 12.0 Å². The van der Waals surface area contributed by atoms with Crippen molar-refractivity contribution in [1.82, 2.24) is 4.13 Å². The number of benzene rings is 1. The van der Waals surface area contributed by atoms with Crippen molar-refractivity contribution in [2.45, 2.75) is 10.4 Å². The van der Waals surface area contributed by atoms with E-state index >= 15 is 0 Å². The monoisotopic (exact) mass is 352 g/mol. The number of imide groups is 1. The number of aliphatic hydroxyl groups excluding tert-OH is 1. The molecule has 0 saturated carbocycles. The highest BCUT2D eigenvalue weighted by Crippen LogP contribution is 2.31. The Balaban J connectivity index is 0.00000116. The van der Waals surface area contributed by atoms with E-state index in [9.17, 15) is 22.8 Å². The number of amides is 2. The number of rotatable bonds is 4. The molecule has 0 aromatic heterocycles. The van der Waals surface area contributed by atoms with Crippen LogP contribution in [0.15, 0.2) is 41.3 Å². The van der Waals surface area contributed by atoms with Crippen LogP contribution in [0.3, 0.4) is 0 Å². The summed E-state index contributed by atoms with van der Waals surface area (Å²) in [5, 5.41) is 7.00. The zero-order valence-corrected chi connectivity index (χ0v) is 12.8. The second kappa shape index (κ2) is 8.22. The van der Waals surface area contributed by atoms with Crippen molar-refractivity contribution >= 4 is 41.4 Å². The molecule has 1 aliphatic heterocycles. The van der Waals surface area contributed by atoms with Gasteiger partial charge < -0.3 is 5.11 Å². The van der Waals surface area contributed by atoms with E-state index in [1.165, 1.54) is 24.3 Å². The van der Waals surface area contributed by atoms with Crippen LogP contribution in [-0.2, 0) is 9.59 Å². The number of nitrogens with zero attached hydrogens (tertiary/aromatic N) is 1. The van der Waals surface area contributed by atoms with E-state index in [2.05, 4.69) is 4.13 Å². The fourth-order valence-corrected chi connectivity index (χ4v) is 2.64. The summed E-state index contributed by atoms with van der Waals surface area (Å²) in [6.45, 7) is 0. The molecule has 1 aromatic carbocycles. The Kier molecular flexibility index (Phi) is 6.94. The Morgan fingerprint density at radius 3 is 2.00 bits per heavy atom. The molecule has 2 N–H and O–H groups in total. The van der Waals surface area contributed by atoms with E-state index in [4.69, 9.17) is 5.11 Å². The molecule has 0 aliphatic carbocycles. The summed E-state index contributed by atoms with van der Waals surface area (Å²) in [7, 11) is 1.00. The third-order valence-electron chi connectivity index (χ3n) is 2.22. The van der Waals surface area contributed by atoms with Gasteiger partial charge in [0.1, 0.15) is 0 Å². The van der Waals surface area contributed by atoms with Gasteiger partial charge in [0.05, 0.1) is 5.69 Å². The van der Waals surface area contributed by atoms with Crippen molar-refractivity contribution in [3.63, 3.8) is 0 Å². The SMILES string of the molecule is CO.O=C1C=CC(=O)N1c1ccc(SNSC(F)(F)F)cc1. The quantitative estimate of drug-likeness (QED) is 0.641. The lowest BCUT2D eigenvalue weighted by Gasteiger charge is -2.14. The summed E-state index contributed by atoms with van der Waals surface area (Å²) in [6.07, 6.45) is 2.32. The Hall–Kier alpha value is -1.49. The van der Waals surface area contributed by atoms with Crippen LogP contribution < -0.4 is 9.03 Å². The first-order chi connectivity index (χ1) is 10.4. The standard InChI is InChI=1S/C11H7F3N2O2S2.CH4O/c12-11(13,14)20-15-19-8-3-1-7(2-4-8)16-9(17)5-6-10(16)18;1-2/h1-6,15H;2H,1H3. The molecule has 1 heterocycles. The summed E-state index contributed by atoms with van der Waals surface area (Å²) in [5.41, 5.74) is -3.98. The van der Waals surface area contributed by atoms with Crippen LogP contribution in [-0.4, -0.2) is 29.5 Å². The minimum Gasteiger partial charge on any atom is -0.400 e. The summed E-state index contributed by atoms with van der Waals surface area (Å²) < 4.78 is 37.8. The van der Waals surface area contributed by atoms with Crippen LogP contribution in [0.4, 0.5) is 18.9 Å². The summed E-state index contributed by atoms with van der Waals surface area (Å²) in [5.74, 6) is -0.887. The molecule has 0 bridgehead atoms. The molecule has 0 saturated heterocycles. The Bertz CT molecular complexity index is 544. The van der Waals surface area contributed by atoms with Crippen molar-refractivity contribution in [1.29, 1.82) is 0 Å². The van der Waals surface area contributed by atoms with Gasteiger partial charge in [0.2, 0.25) is 0 Å². The van der Waals surface area contributed by atoms with E-state index < -0.39 is 17.3 Å². The third kappa shape index (κ3) is 5.37. The van der Waals surface area contributed by atoms with Gasteiger partial charge >= 0.3 is 5.51 Å². The molecule has 2 amide bonds. The van der Waals surface area contributed by atoms with Crippen molar-refractivity contribution in [3.8, 4) is 0 Å². The topological polar surface area (TPSA) is 69.6 Å². The fourth-order valence-electron chi connectivity index (χ4n) is 1.43. The maximum atomic E-state index is 11.9. The van der Waals surface area contributed by atoms with E-state index in [0.717, 1.165) is 36.1 Å². The highest BCUT2D eigenvalue weighted by Gasteiger charge is 2.28. The molecule has 1 aromatic rings. The molecule has 22 heavy (non-hydrogen) atoms. The highest BCUT2D eigenvalue weighted by atomic mass is 32.2. The number of halogens is 3. The van der Waals surface area contributed by atoms with Crippen LogP contribution >= 0.6 is 23.9 Å². The number of alkyl halides is 3. The largest absolute Gasteiger partial charge is 0.457 e. The lowest BCUT2D eigenvalue weighted by Crippen LogP contribution is -2.29. The van der Waals surface area contributed by atoms with Gasteiger partial charge in [0, 0.05) is 36.1 Å². The van der Waals surface area contributed by atoms with Crippen LogP contribution in [0.5, 0.6) is 0 Å². The third-order valence-corrected chi connectivity index (χ3v) is 3.63. The van der Waals surface area contributed by atoms with E-state index in [-0.39, 0.29) is 11.9 Å². The van der Waals surface area contributed by atoms with E-state index in [0.29, 0.717) is 10.6 Å². The zero-order valence-electron chi connectivity index (χ0n) is 11.1. The molecular weight excluding hydrogens is 341 g/mol. The summed E-state index contributed by atoms with van der Waals surface area (Å²) in [6, 6.07) is 6.02. The molecule has 0 fully saturated rings. The number of carbonyl (C=O) groups is 2. The number of aliphatic hydroxyl groups is 1. The number of hydrogen-bond donors (Lipinski definition) is 2. The zero-order chi connectivity index (χ0) is 16.8. The van der Waals surface area contributed by atoms with Crippen LogP contribution in [0.25, 0.3) is 0 Å². The summed E-state index contributed by atoms with van der Waals surface area (Å²) >= 11 is 0.432. The first-order valence-corrected chi connectivity index (χ1v) is 7.27. The van der Waals surface area contributed by atoms with Crippen LogP contribution in [0.2, 0.25) is 0 Å². The smallest absolute Gasteiger partial charge is 0.400 e. The Morgan fingerprint density at radius 1 is 1.05 bits per heavy atom.